The van der Waals surface area contributed by atoms with Crippen molar-refractivity contribution < 1.29 is 9.90 Å². The van der Waals surface area contributed by atoms with Gasteiger partial charge in [-0.15, -0.1) is 10.2 Å². The Morgan fingerprint density at radius 3 is 2.74 bits per heavy atom. The van der Waals surface area contributed by atoms with E-state index in [-0.39, 0.29) is 5.75 Å². The van der Waals surface area contributed by atoms with E-state index in [1.165, 1.54) is 11.8 Å². The minimum atomic E-state index is -0.867. The van der Waals surface area contributed by atoms with Crippen LogP contribution in [0.4, 0.5) is 0 Å². The van der Waals surface area contributed by atoms with Crippen LogP contribution in [0.1, 0.15) is 12.6 Å². The molecule has 0 aliphatic rings. The van der Waals surface area contributed by atoms with Crippen molar-refractivity contribution in [3.05, 3.63) is 11.8 Å². The summed E-state index contributed by atoms with van der Waals surface area (Å²) >= 11 is 1.17. The Morgan fingerprint density at radius 2 is 2.21 bits per heavy atom. The van der Waals surface area contributed by atoms with Gasteiger partial charge in [0.15, 0.2) is 11.0 Å². The number of carbonyl (C=O) groups is 1. The molecule has 2 aromatic heterocycles. The van der Waals surface area contributed by atoms with Crippen LogP contribution in [0.25, 0.3) is 11.5 Å². The number of nitrogens with zero attached hydrogens (tertiary/aromatic N) is 5. The first-order chi connectivity index (χ1) is 9.02. The lowest BCUT2D eigenvalue weighted by Crippen LogP contribution is -2.05. The van der Waals surface area contributed by atoms with Gasteiger partial charge in [-0.25, -0.2) is 0 Å². The molecular weight excluding hydrogens is 266 g/mol. The van der Waals surface area contributed by atoms with Crippen LogP contribution < -0.4 is 0 Å². The molecule has 7 nitrogen and oxygen atoms in total. The van der Waals surface area contributed by atoms with Gasteiger partial charge in [0.2, 0.25) is 0 Å². The quantitative estimate of drug-likeness (QED) is 0.828. The van der Waals surface area contributed by atoms with Crippen LogP contribution in [0.5, 0.6) is 0 Å². The minimum Gasteiger partial charge on any atom is -0.481 e. The second-order valence-electron chi connectivity index (χ2n) is 4.03. The highest BCUT2D eigenvalue weighted by molar-refractivity contribution is 7.99. The Morgan fingerprint density at radius 1 is 1.47 bits per heavy atom. The van der Waals surface area contributed by atoms with Gasteiger partial charge in [0.1, 0.15) is 5.69 Å². The van der Waals surface area contributed by atoms with Crippen LogP contribution in [0, 0.1) is 6.92 Å². The van der Waals surface area contributed by atoms with Crippen molar-refractivity contribution in [3.8, 4) is 11.5 Å². The predicted molar refractivity (Wildman–Crippen MR) is 71.0 cm³/mol. The van der Waals surface area contributed by atoms with Crippen LogP contribution >= 0.6 is 11.8 Å². The zero-order valence-corrected chi connectivity index (χ0v) is 11.8. The number of aliphatic carboxylic acids is 1. The fourth-order valence-corrected chi connectivity index (χ4v) is 2.54. The van der Waals surface area contributed by atoms with Crippen molar-refractivity contribution in [2.24, 2.45) is 7.05 Å². The first-order valence-corrected chi connectivity index (χ1v) is 6.80. The maximum absolute atomic E-state index is 10.6. The number of carboxylic acid groups (broad SMARTS) is 1. The highest BCUT2D eigenvalue weighted by atomic mass is 32.2. The third-order valence-electron chi connectivity index (χ3n) is 2.59. The molecule has 0 fully saturated rings. The summed E-state index contributed by atoms with van der Waals surface area (Å²) in [6.07, 6.45) is 0. The Balaban J connectivity index is 2.36. The Hall–Kier alpha value is -1.83. The summed E-state index contributed by atoms with van der Waals surface area (Å²) in [5.74, 6) is -0.185. The molecule has 2 heterocycles. The molecule has 0 spiro atoms. The largest absolute Gasteiger partial charge is 0.481 e. The van der Waals surface area contributed by atoms with E-state index in [1.807, 2.05) is 31.5 Å². The molecule has 19 heavy (non-hydrogen) atoms. The Labute approximate surface area is 114 Å². The molecule has 0 aliphatic heterocycles. The van der Waals surface area contributed by atoms with E-state index in [0.717, 1.165) is 11.4 Å². The van der Waals surface area contributed by atoms with E-state index in [0.29, 0.717) is 17.5 Å². The average Bonchev–Trinajstić information content (AvgIpc) is 2.89. The number of carboxylic acids is 1. The second-order valence-corrected chi connectivity index (χ2v) is 4.97. The predicted octanol–water partition coefficient (Wildman–Crippen LogP) is 1.18. The molecule has 0 aromatic carbocycles. The van der Waals surface area contributed by atoms with Gasteiger partial charge in [-0.1, -0.05) is 11.8 Å². The molecule has 0 saturated heterocycles. The molecule has 1 N–H and O–H groups in total. The van der Waals surface area contributed by atoms with Crippen LogP contribution in [-0.2, 0) is 18.4 Å². The first kappa shape index (κ1) is 13.6. The maximum Gasteiger partial charge on any atom is 0.313 e. The summed E-state index contributed by atoms with van der Waals surface area (Å²) in [6, 6.07) is 1.93. The summed E-state index contributed by atoms with van der Waals surface area (Å²) in [6.45, 7) is 4.56. The molecule has 102 valence electrons. The number of aryl methyl sites for hydroxylation is 2. The molecule has 0 saturated carbocycles. The van der Waals surface area contributed by atoms with Crippen molar-refractivity contribution in [2.75, 3.05) is 5.75 Å². The Bertz CT molecular complexity index is 604. The smallest absolute Gasteiger partial charge is 0.313 e. The summed E-state index contributed by atoms with van der Waals surface area (Å²) in [5.41, 5.74) is 1.77. The summed E-state index contributed by atoms with van der Waals surface area (Å²) in [5, 5.41) is 21.8. The fraction of sp³-hybridized carbons (Fsp3) is 0.455. The Kier molecular flexibility index (Phi) is 3.89. The third-order valence-corrected chi connectivity index (χ3v) is 3.54. The normalized spacial score (nSPS) is 10.9. The molecule has 0 atom stereocenters. The van der Waals surface area contributed by atoms with Crippen molar-refractivity contribution in [2.45, 2.75) is 25.5 Å². The molecule has 2 aromatic rings. The molecule has 0 radical (unpaired) electrons. The van der Waals surface area contributed by atoms with Gasteiger partial charge in [0, 0.05) is 13.6 Å². The molecular formula is C11H15N5O2S. The molecule has 0 bridgehead atoms. The zero-order valence-electron chi connectivity index (χ0n) is 11.0. The fourth-order valence-electron chi connectivity index (χ4n) is 1.82. The number of aromatic nitrogens is 5. The highest BCUT2D eigenvalue weighted by Gasteiger charge is 2.17. The van der Waals surface area contributed by atoms with Gasteiger partial charge in [-0.05, 0) is 19.9 Å². The zero-order chi connectivity index (χ0) is 14.0. The second kappa shape index (κ2) is 5.43. The van der Waals surface area contributed by atoms with Crippen LogP contribution in [0.15, 0.2) is 11.2 Å². The molecule has 0 amide bonds. The van der Waals surface area contributed by atoms with Gasteiger partial charge in [-0.3, -0.25) is 9.48 Å². The van der Waals surface area contributed by atoms with Crippen LogP contribution in [0.3, 0.4) is 0 Å². The SMILES string of the molecule is CCn1c(SCC(=O)O)nnc1-c1cc(C)nn1C. The molecule has 8 heteroatoms. The van der Waals surface area contributed by atoms with Gasteiger partial charge < -0.3 is 9.67 Å². The van der Waals surface area contributed by atoms with E-state index in [9.17, 15) is 4.79 Å². The van der Waals surface area contributed by atoms with Crippen molar-refractivity contribution >= 4 is 17.7 Å². The lowest BCUT2D eigenvalue weighted by atomic mass is 10.3. The summed E-state index contributed by atoms with van der Waals surface area (Å²) < 4.78 is 3.64. The molecule has 2 rings (SSSR count). The van der Waals surface area contributed by atoms with E-state index < -0.39 is 5.97 Å². The maximum atomic E-state index is 10.6. The van der Waals surface area contributed by atoms with Crippen LogP contribution in [0.2, 0.25) is 0 Å². The van der Waals surface area contributed by atoms with E-state index >= 15 is 0 Å². The number of hydrogen-bond acceptors (Lipinski definition) is 5. The summed E-state index contributed by atoms with van der Waals surface area (Å²) in [4.78, 5) is 10.6. The lowest BCUT2D eigenvalue weighted by Gasteiger charge is -2.06. The van der Waals surface area contributed by atoms with E-state index in [2.05, 4.69) is 15.3 Å². The number of rotatable bonds is 5. The van der Waals surface area contributed by atoms with Crippen molar-refractivity contribution in [1.82, 2.24) is 24.5 Å². The highest BCUT2D eigenvalue weighted by Crippen LogP contribution is 2.23. The van der Waals surface area contributed by atoms with Crippen LogP contribution in [-0.4, -0.2) is 41.4 Å². The number of thioether (sulfide) groups is 1. The van der Waals surface area contributed by atoms with Crippen molar-refractivity contribution in [3.63, 3.8) is 0 Å². The van der Waals surface area contributed by atoms with Gasteiger partial charge in [0.25, 0.3) is 0 Å². The standard InChI is InChI=1S/C11H15N5O2S/c1-4-16-10(8-5-7(2)14-15(8)3)12-13-11(16)19-6-9(17)18/h5H,4,6H2,1-3H3,(H,17,18). The average molecular weight is 281 g/mol. The van der Waals surface area contributed by atoms with E-state index in [1.54, 1.807) is 4.68 Å². The first-order valence-electron chi connectivity index (χ1n) is 5.81. The van der Waals surface area contributed by atoms with Crippen molar-refractivity contribution in [1.29, 1.82) is 0 Å². The topological polar surface area (TPSA) is 85.8 Å². The molecule has 0 unspecified atom stereocenters. The van der Waals surface area contributed by atoms with Gasteiger partial charge in [-0.2, -0.15) is 5.10 Å². The minimum absolute atomic E-state index is 0.0252. The lowest BCUT2D eigenvalue weighted by molar-refractivity contribution is -0.133. The third kappa shape index (κ3) is 2.78. The summed E-state index contributed by atoms with van der Waals surface area (Å²) in [7, 11) is 1.85. The number of hydrogen-bond donors (Lipinski definition) is 1. The van der Waals surface area contributed by atoms with E-state index in [4.69, 9.17) is 5.11 Å². The molecule has 0 aliphatic carbocycles. The van der Waals surface area contributed by atoms with Gasteiger partial charge >= 0.3 is 5.97 Å². The monoisotopic (exact) mass is 281 g/mol. The van der Waals surface area contributed by atoms with Gasteiger partial charge in [0.05, 0.1) is 11.4 Å².